The Kier molecular flexibility index (Phi) is 2.91. The fourth-order valence-corrected chi connectivity index (χ4v) is 2.02. The van der Waals surface area contributed by atoms with E-state index in [2.05, 4.69) is 10.2 Å². The summed E-state index contributed by atoms with van der Waals surface area (Å²) < 4.78 is 13.3. The van der Waals surface area contributed by atoms with Crippen molar-refractivity contribution < 1.29 is 4.39 Å². The van der Waals surface area contributed by atoms with Crippen LogP contribution in [-0.2, 0) is 0 Å². The second-order valence-electron chi connectivity index (χ2n) is 4.05. The van der Waals surface area contributed by atoms with Crippen molar-refractivity contribution in [2.45, 2.75) is 13.8 Å². The molecule has 2 nitrogen and oxygen atoms in total. The second kappa shape index (κ2) is 4.19. The normalized spacial score (nSPS) is 16.9. The molecule has 1 saturated heterocycles. The minimum atomic E-state index is -0.105. The molecule has 1 aromatic rings. The Hall–Kier alpha value is -1.09. The van der Waals surface area contributed by atoms with Crippen molar-refractivity contribution in [3.05, 3.63) is 29.1 Å². The summed E-state index contributed by atoms with van der Waals surface area (Å²) >= 11 is 0. The lowest BCUT2D eigenvalue weighted by atomic mass is 10.1. The number of halogens is 1. The van der Waals surface area contributed by atoms with Gasteiger partial charge in [0.15, 0.2) is 0 Å². The molecule has 2 rings (SSSR count). The zero-order valence-electron chi connectivity index (χ0n) is 9.31. The zero-order valence-corrected chi connectivity index (χ0v) is 9.31. The molecule has 0 saturated carbocycles. The highest BCUT2D eigenvalue weighted by atomic mass is 19.1. The highest BCUT2D eigenvalue weighted by Gasteiger charge is 2.14. The van der Waals surface area contributed by atoms with Gasteiger partial charge in [-0.05, 0) is 37.1 Å². The summed E-state index contributed by atoms with van der Waals surface area (Å²) in [4.78, 5) is 2.32. The van der Waals surface area contributed by atoms with E-state index in [1.54, 1.807) is 6.07 Å². The SMILES string of the molecule is Cc1c(F)ccc(N2CCNCC2)c1C. The van der Waals surface area contributed by atoms with Crippen LogP contribution in [0.15, 0.2) is 12.1 Å². The second-order valence-corrected chi connectivity index (χ2v) is 4.05. The molecular weight excluding hydrogens is 191 g/mol. The summed E-state index contributed by atoms with van der Waals surface area (Å²) in [6, 6.07) is 3.46. The van der Waals surface area contributed by atoms with E-state index in [9.17, 15) is 4.39 Å². The van der Waals surface area contributed by atoms with E-state index in [0.717, 1.165) is 37.3 Å². The fraction of sp³-hybridized carbons (Fsp3) is 0.500. The molecule has 0 unspecified atom stereocenters. The van der Waals surface area contributed by atoms with Crippen LogP contribution in [0.5, 0.6) is 0 Å². The van der Waals surface area contributed by atoms with Crippen molar-refractivity contribution in [3.63, 3.8) is 0 Å². The molecule has 1 heterocycles. The van der Waals surface area contributed by atoms with Crippen LogP contribution in [0, 0.1) is 19.7 Å². The van der Waals surface area contributed by atoms with Gasteiger partial charge in [-0.1, -0.05) is 0 Å². The molecule has 0 radical (unpaired) electrons. The van der Waals surface area contributed by atoms with E-state index < -0.39 is 0 Å². The van der Waals surface area contributed by atoms with Crippen LogP contribution in [0.1, 0.15) is 11.1 Å². The monoisotopic (exact) mass is 208 g/mol. The summed E-state index contributed by atoms with van der Waals surface area (Å²) in [6.07, 6.45) is 0. The quantitative estimate of drug-likeness (QED) is 0.757. The van der Waals surface area contributed by atoms with Gasteiger partial charge >= 0.3 is 0 Å². The van der Waals surface area contributed by atoms with Crippen LogP contribution in [0.4, 0.5) is 10.1 Å². The van der Waals surface area contributed by atoms with E-state index in [4.69, 9.17) is 0 Å². The average molecular weight is 208 g/mol. The number of hydrogen-bond donors (Lipinski definition) is 1. The Morgan fingerprint density at radius 2 is 1.80 bits per heavy atom. The number of nitrogens with zero attached hydrogens (tertiary/aromatic N) is 1. The van der Waals surface area contributed by atoms with Gasteiger partial charge in [0.25, 0.3) is 0 Å². The van der Waals surface area contributed by atoms with Gasteiger partial charge in [0.05, 0.1) is 0 Å². The molecule has 0 spiro atoms. The molecule has 1 aromatic carbocycles. The molecule has 0 bridgehead atoms. The van der Waals surface area contributed by atoms with Gasteiger partial charge in [0, 0.05) is 31.9 Å². The maximum atomic E-state index is 13.3. The molecule has 0 aromatic heterocycles. The maximum Gasteiger partial charge on any atom is 0.126 e. The first kappa shape index (κ1) is 10.4. The molecule has 3 heteroatoms. The van der Waals surface area contributed by atoms with E-state index >= 15 is 0 Å². The van der Waals surface area contributed by atoms with Gasteiger partial charge in [0.2, 0.25) is 0 Å². The Morgan fingerprint density at radius 3 is 2.47 bits per heavy atom. The van der Waals surface area contributed by atoms with Crippen molar-refractivity contribution in [1.29, 1.82) is 0 Å². The van der Waals surface area contributed by atoms with E-state index in [1.807, 2.05) is 19.9 Å². The maximum absolute atomic E-state index is 13.3. The third-order valence-corrected chi connectivity index (χ3v) is 3.15. The van der Waals surface area contributed by atoms with Crippen molar-refractivity contribution in [2.75, 3.05) is 31.1 Å². The Morgan fingerprint density at radius 1 is 1.13 bits per heavy atom. The van der Waals surface area contributed by atoms with E-state index in [1.165, 1.54) is 5.69 Å². The molecule has 0 amide bonds. The van der Waals surface area contributed by atoms with Gasteiger partial charge in [-0.25, -0.2) is 4.39 Å². The Bertz CT molecular complexity index is 357. The first-order valence-corrected chi connectivity index (χ1v) is 5.41. The van der Waals surface area contributed by atoms with Crippen LogP contribution >= 0.6 is 0 Å². The number of piperazine rings is 1. The van der Waals surface area contributed by atoms with Crippen molar-refractivity contribution in [3.8, 4) is 0 Å². The predicted octanol–water partition coefficient (Wildman–Crippen LogP) is 1.85. The van der Waals surface area contributed by atoms with Crippen LogP contribution in [0.3, 0.4) is 0 Å². The van der Waals surface area contributed by atoms with Gasteiger partial charge in [-0.3, -0.25) is 0 Å². The van der Waals surface area contributed by atoms with E-state index in [0.29, 0.717) is 0 Å². The number of benzene rings is 1. The number of nitrogens with one attached hydrogen (secondary N) is 1. The molecule has 1 aliphatic heterocycles. The zero-order chi connectivity index (χ0) is 10.8. The van der Waals surface area contributed by atoms with Crippen LogP contribution in [0.25, 0.3) is 0 Å². The van der Waals surface area contributed by atoms with Crippen LogP contribution in [-0.4, -0.2) is 26.2 Å². The van der Waals surface area contributed by atoms with Gasteiger partial charge < -0.3 is 10.2 Å². The van der Waals surface area contributed by atoms with Crippen molar-refractivity contribution in [1.82, 2.24) is 5.32 Å². The average Bonchev–Trinajstić information content (AvgIpc) is 2.27. The Labute approximate surface area is 90.1 Å². The summed E-state index contributed by atoms with van der Waals surface area (Å²) in [5.74, 6) is -0.105. The molecule has 82 valence electrons. The summed E-state index contributed by atoms with van der Waals surface area (Å²) in [5.41, 5.74) is 3.01. The summed E-state index contributed by atoms with van der Waals surface area (Å²) in [5, 5.41) is 3.31. The molecule has 1 aliphatic rings. The summed E-state index contributed by atoms with van der Waals surface area (Å²) in [6.45, 7) is 7.87. The molecule has 0 aliphatic carbocycles. The van der Waals surface area contributed by atoms with Gasteiger partial charge in [-0.2, -0.15) is 0 Å². The topological polar surface area (TPSA) is 15.3 Å². The van der Waals surface area contributed by atoms with Crippen LogP contribution in [0.2, 0.25) is 0 Å². The third-order valence-electron chi connectivity index (χ3n) is 3.15. The molecular formula is C12H17FN2. The Balaban J connectivity index is 2.31. The predicted molar refractivity (Wildman–Crippen MR) is 61.0 cm³/mol. The van der Waals surface area contributed by atoms with Crippen molar-refractivity contribution in [2.24, 2.45) is 0 Å². The smallest absolute Gasteiger partial charge is 0.126 e. The van der Waals surface area contributed by atoms with E-state index in [-0.39, 0.29) is 5.82 Å². The number of hydrogen-bond acceptors (Lipinski definition) is 2. The minimum Gasteiger partial charge on any atom is -0.369 e. The highest BCUT2D eigenvalue weighted by molar-refractivity contribution is 5.56. The molecule has 1 N–H and O–H groups in total. The minimum absolute atomic E-state index is 0.105. The largest absolute Gasteiger partial charge is 0.369 e. The molecule has 0 atom stereocenters. The van der Waals surface area contributed by atoms with Gasteiger partial charge in [-0.15, -0.1) is 0 Å². The number of anilines is 1. The summed E-state index contributed by atoms with van der Waals surface area (Å²) in [7, 11) is 0. The lowest BCUT2D eigenvalue weighted by molar-refractivity contribution is 0.585. The molecule has 15 heavy (non-hydrogen) atoms. The lowest BCUT2D eigenvalue weighted by Gasteiger charge is -2.31. The van der Waals surface area contributed by atoms with Crippen molar-refractivity contribution >= 4 is 5.69 Å². The standard InChI is InChI=1S/C12H17FN2/c1-9-10(2)12(4-3-11(9)13)15-7-5-14-6-8-15/h3-4,14H,5-8H2,1-2H3. The highest BCUT2D eigenvalue weighted by Crippen LogP contribution is 2.24. The first-order chi connectivity index (χ1) is 7.20. The van der Waals surface area contributed by atoms with Crippen LogP contribution < -0.4 is 10.2 Å². The lowest BCUT2D eigenvalue weighted by Crippen LogP contribution is -2.43. The molecule has 1 fully saturated rings. The first-order valence-electron chi connectivity index (χ1n) is 5.41. The van der Waals surface area contributed by atoms with Gasteiger partial charge in [0.1, 0.15) is 5.82 Å². The number of rotatable bonds is 1. The third kappa shape index (κ3) is 1.97. The fourth-order valence-electron chi connectivity index (χ4n) is 2.02.